The van der Waals surface area contributed by atoms with Crippen molar-refractivity contribution in [1.29, 1.82) is 0 Å². The average molecular weight is 2060 g/mol. The van der Waals surface area contributed by atoms with Crippen molar-refractivity contribution in [3.63, 3.8) is 0 Å². The lowest BCUT2D eigenvalue weighted by Gasteiger charge is -2.19. The maximum absolute atomic E-state index is 10.3. The molecule has 0 fully saturated rings. The van der Waals surface area contributed by atoms with E-state index in [0.717, 1.165) is 249 Å². The summed E-state index contributed by atoms with van der Waals surface area (Å²) in [5.74, 6) is 9.75. The highest BCUT2D eigenvalue weighted by Gasteiger charge is 2.19. The van der Waals surface area contributed by atoms with E-state index < -0.39 is 18.3 Å². The van der Waals surface area contributed by atoms with Crippen molar-refractivity contribution in [2.75, 3.05) is 93.5 Å². The third kappa shape index (κ3) is 64.7. The number of aliphatic hydroxyl groups excluding tert-OH is 5. The molecule has 0 radical (unpaired) electrons. The van der Waals surface area contributed by atoms with Crippen LogP contribution in [0.2, 0.25) is 0 Å². The lowest BCUT2D eigenvalue weighted by molar-refractivity contribution is 0.113. The van der Waals surface area contributed by atoms with Gasteiger partial charge in [0, 0.05) is 40.5 Å². The molecule has 0 saturated carbocycles. The molecule has 0 spiro atoms. The van der Waals surface area contributed by atoms with E-state index in [1.165, 1.54) is 110 Å². The molecule has 830 valence electrons. The topological polar surface area (TPSA) is 203 Å². The Balaban J connectivity index is 0.000000439. The Morgan fingerprint density at radius 1 is 0.228 bits per heavy atom. The Labute approximate surface area is 905 Å². The fourth-order valence-electron chi connectivity index (χ4n) is 16.1. The van der Waals surface area contributed by atoms with Crippen molar-refractivity contribution in [2.45, 2.75) is 354 Å². The van der Waals surface area contributed by atoms with Gasteiger partial charge in [0.15, 0.2) is 0 Å². The normalized spacial score (nSPS) is 12.0. The smallest absolute Gasteiger partial charge is 0.119 e. The van der Waals surface area contributed by atoms with E-state index in [-0.39, 0.29) is 24.5 Å². The SMILES string of the molecule is CCC(CC)COc1cccc([C@H](O)[C@H](C)CC)c1.CCCC(CCC)COc1cccc([C@H](O)[C@H](C)CC)c1.CCCC(O)c1cccc(OCC(CC)CC)c1.CCCC(O)c1cccc(OCCc2ccccc2)c1.CCCCc1cccc(OCCCCO)c1.CCCCc1cccc(OCCCCOC)c1.CCCCc1cccc(OCCCCOCc2ccccc2)c1.CCCCc1cccc(OCCOC)c1. The summed E-state index contributed by atoms with van der Waals surface area (Å²) in [5, 5.41) is 49.1. The molecule has 10 rings (SSSR count). The summed E-state index contributed by atoms with van der Waals surface area (Å²) < 4.78 is 61.7. The lowest BCUT2D eigenvalue weighted by Crippen LogP contribution is -2.12. The van der Waals surface area contributed by atoms with Gasteiger partial charge < -0.3 is 77.6 Å². The molecule has 2 unspecified atom stereocenters. The number of ether oxygens (including phenoxy) is 11. The lowest BCUT2D eigenvalue weighted by atomic mass is 9.95. The molecule has 0 saturated heterocycles. The quantitative estimate of drug-likeness (QED) is 0.0225. The molecule has 10 aromatic carbocycles. The summed E-state index contributed by atoms with van der Waals surface area (Å²) in [7, 11) is 3.42. The Kier molecular flexibility index (Phi) is 80.5. The summed E-state index contributed by atoms with van der Waals surface area (Å²) in [6, 6.07) is 85.6. The minimum Gasteiger partial charge on any atom is -0.494 e. The van der Waals surface area contributed by atoms with E-state index in [2.05, 4.69) is 196 Å². The number of rotatable bonds is 68. The summed E-state index contributed by atoms with van der Waals surface area (Å²) in [6.45, 7) is 43.6. The maximum Gasteiger partial charge on any atom is 0.119 e. The number of methoxy groups -OCH3 is 2. The fourth-order valence-corrected chi connectivity index (χ4v) is 16.1. The van der Waals surface area contributed by atoms with Gasteiger partial charge in [0.25, 0.3) is 0 Å². The van der Waals surface area contributed by atoms with E-state index in [1.807, 2.05) is 170 Å². The Morgan fingerprint density at radius 2 is 0.517 bits per heavy atom. The van der Waals surface area contributed by atoms with Crippen LogP contribution < -0.4 is 37.9 Å². The molecule has 0 aromatic heterocycles. The van der Waals surface area contributed by atoms with Crippen molar-refractivity contribution < 1.29 is 77.6 Å². The van der Waals surface area contributed by atoms with Crippen LogP contribution >= 0.6 is 0 Å². The first-order valence-corrected chi connectivity index (χ1v) is 57.5. The van der Waals surface area contributed by atoms with Gasteiger partial charge in [-0.05, 0) is 298 Å². The molecule has 0 aliphatic carbocycles. The highest BCUT2D eigenvalue weighted by molar-refractivity contribution is 5.36. The Hall–Kier alpha value is -9.72. The van der Waals surface area contributed by atoms with Crippen molar-refractivity contribution >= 4 is 0 Å². The van der Waals surface area contributed by atoms with Crippen LogP contribution in [0.3, 0.4) is 0 Å². The van der Waals surface area contributed by atoms with Gasteiger partial charge in [0.2, 0.25) is 0 Å². The van der Waals surface area contributed by atoms with Gasteiger partial charge in [0.05, 0.1) is 83.9 Å². The Bertz CT molecular complexity index is 4720. The second-order valence-electron chi connectivity index (χ2n) is 39.2. The van der Waals surface area contributed by atoms with Gasteiger partial charge in [-0.25, -0.2) is 0 Å². The number of benzene rings is 10. The molecule has 6 atom stereocenters. The third-order valence-corrected chi connectivity index (χ3v) is 26.4. The molecule has 0 amide bonds. The van der Waals surface area contributed by atoms with Gasteiger partial charge in [-0.3, -0.25) is 0 Å². The molecule has 16 nitrogen and oxygen atoms in total. The largest absolute Gasteiger partial charge is 0.494 e. The number of hydrogen-bond donors (Lipinski definition) is 5. The molecule has 0 aliphatic rings. The number of aryl methyl sites for hydroxylation is 4. The van der Waals surface area contributed by atoms with E-state index in [9.17, 15) is 20.4 Å². The van der Waals surface area contributed by atoms with Crippen LogP contribution in [0.5, 0.6) is 46.0 Å². The highest BCUT2D eigenvalue weighted by Crippen LogP contribution is 2.32. The number of hydrogen-bond acceptors (Lipinski definition) is 16. The summed E-state index contributed by atoms with van der Waals surface area (Å²) >= 11 is 0. The Morgan fingerprint density at radius 3 is 0.852 bits per heavy atom. The number of aliphatic hydroxyl groups is 5. The molecule has 0 heterocycles. The van der Waals surface area contributed by atoms with Crippen molar-refractivity contribution in [2.24, 2.45) is 29.6 Å². The minimum absolute atomic E-state index is 0.250. The van der Waals surface area contributed by atoms with E-state index >= 15 is 0 Å². The molecular formula is C133H202O16. The third-order valence-electron chi connectivity index (χ3n) is 26.4. The van der Waals surface area contributed by atoms with E-state index in [1.54, 1.807) is 14.2 Å². The van der Waals surface area contributed by atoms with Gasteiger partial charge in [-0.15, -0.1) is 0 Å². The second kappa shape index (κ2) is 89.9. The first-order valence-electron chi connectivity index (χ1n) is 57.5. The summed E-state index contributed by atoms with van der Waals surface area (Å²) in [4.78, 5) is 0. The van der Waals surface area contributed by atoms with Crippen LogP contribution in [0, 0.1) is 29.6 Å². The first kappa shape index (κ1) is 133. The van der Waals surface area contributed by atoms with E-state index in [0.29, 0.717) is 50.8 Å². The molecule has 0 aliphatic heterocycles. The van der Waals surface area contributed by atoms with Gasteiger partial charge in [0.1, 0.15) is 52.6 Å². The fraction of sp³-hybridized carbons (Fsp3) is 0.549. The van der Waals surface area contributed by atoms with Crippen LogP contribution in [-0.4, -0.2) is 119 Å². The molecule has 10 aromatic rings. The van der Waals surface area contributed by atoms with Gasteiger partial charge in [-0.2, -0.15) is 0 Å². The van der Waals surface area contributed by atoms with Crippen LogP contribution in [0.1, 0.15) is 371 Å². The average Bonchev–Trinajstić information content (AvgIpc) is 0.870. The van der Waals surface area contributed by atoms with Crippen molar-refractivity contribution in [1.82, 2.24) is 0 Å². The standard InChI is InChI=1S/C21H28O2.C19H32O2.C18H22O2.C17H28O2.C16H26O2.C15H24O2.C14H22O2.C13H20O2/c1-2-3-10-19-13-9-14-21(17-19)23-16-8-7-15-22-18-20-11-5-4-6-12-20;1-5-9-16(10-6-2)14-21-18-12-8-11-17(13-18)19(20)15(4)7-3;1-2-7-18(19)16-10-6-11-17(14-16)20-13-12-15-8-4-3-5-9-15;1-5-13(4)17(18)15-9-8-10-16(11-15)19-12-14(6-2)7-3;1-4-8-16(17)14-9-7-10-15(11-14)18-12-13(5-2)6-3;1-3-4-8-14-9-7-10-15(13-14)17-12-6-5-11-16-2;1-2-3-7-13-8-6-9-14(12-13)16-11-5-4-10-15;1-3-4-6-12-7-5-8-13(11-12)15-10-9-14-2/h4-6,9,11-14,17H,2-3,7-8,10,15-16,18H2,1H3;8,11-13,15-16,19-20H,5-7,9-10,14H2,1-4H3;3-6,8-11,14,18-19H,2,7,12-13H2,1H3;8-11,13-14,17-18H,5-7,12H2,1-4H3;7,9-11,13,16-17H,4-6,8,12H2,1-3H3;7,9-10,13H,3-6,8,11-12H2,1-2H3;6,8-9,12,15H,2-5,7,10-11H2,1H3;5,7-8,11H,3-4,6,9-10H2,1-2H3/t;15-,19-;;13-,17-;;;;/m.1.1..../s1. The monoisotopic (exact) mass is 2060 g/mol. The van der Waals surface area contributed by atoms with Crippen LogP contribution in [0.25, 0.3) is 0 Å². The predicted octanol–water partition coefficient (Wildman–Crippen LogP) is 33.9. The van der Waals surface area contributed by atoms with Crippen LogP contribution in [0.4, 0.5) is 0 Å². The molecule has 5 N–H and O–H groups in total. The zero-order valence-corrected chi connectivity index (χ0v) is 95.7. The van der Waals surface area contributed by atoms with Crippen molar-refractivity contribution in [3.05, 3.63) is 310 Å². The zero-order chi connectivity index (χ0) is 109. The van der Waals surface area contributed by atoms with Gasteiger partial charge in [-0.1, -0.05) is 358 Å². The summed E-state index contributed by atoms with van der Waals surface area (Å²) in [6.07, 6.45) is 34.6. The summed E-state index contributed by atoms with van der Waals surface area (Å²) in [5.41, 5.74) is 11.8. The molecule has 149 heavy (non-hydrogen) atoms. The van der Waals surface area contributed by atoms with Crippen LogP contribution in [-0.2, 0) is 52.9 Å². The van der Waals surface area contributed by atoms with Crippen LogP contribution in [0.15, 0.2) is 255 Å². The minimum atomic E-state index is -0.402. The first-order chi connectivity index (χ1) is 72.7. The highest BCUT2D eigenvalue weighted by atomic mass is 16.5. The molecule has 0 bridgehead atoms. The maximum atomic E-state index is 10.3. The number of unbranched alkanes of at least 4 members (excludes halogenated alkanes) is 7. The zero-order valence-electron chi connectivity index (χ0n) is 95.7. The van der Waals surface area contributed by atoms with Crippen molar-refractivity contribution in [3.8, 4) is 46.0 Å². The molecular weight excluding hydrogens is 1850 g/mol. The predicted molar refractivity (Wildman–Crippen MR) is 625 cm³/mol. The molecule has 16 heteroatoms. The second-order valence-corrected chi connectivity index (χ2v) is 39.2. The van der Waals surface area contributed by atoms with E-state index in [4.69, 9.17) is 57.2 Å². The van der Waals surface area contributed by atoms with Gasteiger partial charge >= 0.3 is 0 Å².